The largest absolute Gasteiger partial charge is 0.368 e. The zero-order valence-corrected chi connectivity index (χ0v) is 18.4. The van der Waals surface area contributed by atoms with Crippen LogP contribution in [-0.2, 0) is 10.0 Å². The number of rotatable bonds is 7. The van der Waals surface area contributed by atoms with E-state index < -0.39 is 10.0 Å². The second-order valence-electron chi connectivity index (χ2n) is 7.06. The van der Waals surface area contributed by atoms with Gasteiger partial charge in [-0.05, 0) is 37.3 Å². The van der Waals surface area contributed by atoms with E-state index in [1.54, 1.807) is 36.4 Å². The zero-order valence-electron chi connectivity index (χ0n) is 16.8. The van der Waals surface area contributed by atoms with Crippen LogP contribution in [-0.4, -0.2) is 31.5 Å². The minimum absolute atomic E-state index is 0.204. The molecule has 4 rings (SSSR count). The lowest BCUT2D eigenvalue weighted by Crippen LogP contribution is -2.29. The van der Waals surface area contributed by atoms with Crippen molar-refractivity contribution in [2.24, 2.45) is 0 Å². The van der Waals surface area contributed by atoms with Crippen LogP contribution in [0.1, 0.15) is 5.56 Å². The van der Waals surface area contributed by atoms with Crippen LogP contribution in [0.4, 0.5) is 5.82 Å². The highest BCUT2D eigenvalue weighted by atomic mass is 35.5. The first-order valence-electron chi connectivity index (χ1n) is 9.75. The Balaban J connectivity index is 1.53. The fourth-order valence-electron chi connectivity index (χ4n) is 3.12. The molecular formula is C23H21ClN4O2S. The summed E-state index contributed by atoms with van der Waals surface area (Å²) in [5, 5.41) is 4.63. The van der Waals surface area contributed by atoms with Gasteiger partial charge in [0.2, 0.25) is 10.0 Å². The van der Waals surface area contributed by atoms with Crippen molar-refractivity contribution < 1.29 is 8.42 Å². The van der Waals surface area contributed by atoms with Crippen molar-refractivity contribution in [1.82, 2.24) is 14.7 Å². The van der Waals surface area contributed by atoms with Gasteiger partial charge in [0.15, 0.2) is 5.82 Å². The molecule has 6 nitrogen and oxygen atoms in total. The molecule has 0 fully saturated rings. The number of benzene rings is 3. The summed E-state index contributed by atoms with van der Waals surface area (Å²) in [4.78, 5) is 9.54. The van der Waals surface area contributed by atoms with Crippen molar-refractivity contribution in [3.05, 3.63) is 83.4 Å². The normalized spacial score (nSPS) is 11.5. The molecule has 0 unspecified atom stereocenters. The average Bonchev–Trinajstić information content (AvgIpc) is 2.77. The summed E-state index contributed by atoms with van der Waals surface area (Å²) < 4.78 is 27.5. The van der Waals surface area contributed by atoms with Crippen LogP contribution in [0, 0.1) is 6.92 Å². The quantitative estimate of drug-likeness (QED) is 0.399. The number of nitrogens with zero attached hydrogens (tertiary/aromatic N) is 2. The van der Waals surface area contributed by atoms with E-state index >= 15 is 0 Å². The van der Waals surface area contributed by atoms with E-state index in [-0.39, 0.29) is 11.4 Å². The molecule has 0 bridgehead atoms. The standard InChI is InChI=1S/C23H21ClN4O2S/c1-16-7-10-19(11-8-16)31(29,30)26-14-13-25-23-20-12-9-18(24)15-21(20)27-22(28-23)17-5-3-2-4-6-17/h2-12,15,26H,13-14H2,1H3,(H,25,27,28). The molecule has 0 aliphatic heterocycles. The summed E-state index contributed by atoms with van der Waals surface area (Å²) in [6.45, 7) is 2.47. The minimum atomic E-state index is -3.57. The van der Waals surface area contributed by atoms with E-state index in [0.29, 0.717) is 28.7 Å². The Hall–Kier alpha value is -3.00. The van der Waals surface area contributed by atoms with E-state index in [1.807, 2.05) is 43.3 Å². The third-order valence-corrected chi connectivity index (χ3v) is 6.44. The van der Waals surface area contributed by atoms with Crippen LogP contribution in [0.15, 0.2) is 77.7 Å². The van der Waals surface area contributed by atoms with Crippen LogP contribution in [0.2, 0.25) is 5.02 Å². The van der Waals surface area contributed by atoms with Crippen molar-refractivity contribution in [3.63, 3.8) is 0 Å². The van der Waals surface area contributed by atoms with E-state index in [4.69, 9.17) is 11.6 Å². The lowest BCUT2D eigenvalue weighted by Gasteiger charge is -2.12. The summed E-state index contributed by atoms with van der Waals surface area (Å²) in [5.41, 5.74) is 2.60. The monoisotopic (exact) mass is 452 g/mol. The SMILES string of the molecule is Cc1ccc(S(=O)(=O)NCCNc2nc(-c3ccccc3)nc3cc(Cl)ccc23)cc1. The molecule has 31 heavy (non-hydrogen) atoms. The maximum atomic E-state index is 12.5. The molecule has 3 aromatic carbocycles. The summed E-state index contributed by atoms with van der Waals surface area (Å²) in [7, 11) is -3.57. The van der Waals surface area contributed by atoms with E-state index in [0.717, 1.165) is 16.5 Å². The predicted molar refractivity (Wildman–Crippen MR) is 125 cm³/mol. The molecule has 0 saturated carbocycles. The average molecular weight is 453 g/mol. The highest BCUT2D eigenvalue weighted by Gasteiger charge is 2.14. The highest BCUT2D eigenvalue weighted by Crippen LogP contribution is 2.27. The predicted octanol–water partition coefficient (Wildman–Crippen LogP) is 4.65. The third kappa shape index (κ3) is 5.02. The van der Waals surface area contributed by atoms with Crippen LogP contribution in [0.25, 0.3) is 22.3 Å². The fourth-order valence-corrected chi connectivity index (χ4v) is 4.32. The van der Waals surface area contributed by atoms with Crippen molar-refractivity contribution in [2.75, 3.05) is 18.4 Å². The number of halogens is 1. The van der Waals surface area contributed by atoms with E-state index in [1.165, 1.54) is 0 Å². The number of aromatic nitrogens is 2. The summed E-state index contributed by atoms with van der Waals surface area (Å²) in [5.74, 6) is 1.19. The first-order chi connectivity index (χ1) is 14.9. The topological polar surface area (TPSA) is 84.0 Å². The van der Waals surface area contributed by atoms with Gasteiger partial charge in [-0.3, -0.25) is 0 Å². The zero-order chi connectivity index (χ0) is 21.8. The van der Waals surface area contributed by atoms with E-state index in [9.17, 15) is 8.42 Å². The van der Waals surface area contributed by atoms with Crippen molar-refractivity contribution in [2.45, 2.75) is 11.8 Å². The molecule has 0 amide bonds. The van der Waals surface area contributed by atoms with Gasteiger partial charge in [0.25, 0.3) is 0 Å². The van der Waals surface area contributed by atoms with Crippen LogP contribution in [0.3, 0.4) is 0 Å². The van der Waals surface area contributed by atoms with Crippen molar-refractivity contribution >= 4 is 38.3 Å². The van der Waals surface area contributed by atoms with Gasteiger partial charge in [-0.2, -0.15) is 0 Å². The summed E-state index contributed by atoms with van der Waals surface area (Å²) in [6, 6.07) is 21.8. The first-order valence-corrected chi connectivity index (χ1v) is 11.6. The Kier molecular flexibility index (Phi) is 6.18. The third-order valence-electron chi connectivity index (χ3n) is 4.73. The Labute approximate surface area is 186 Å². The lowest BCUT2D eigenvalue weighted by atomic mass is 10.2. The molecule has 0 atom stereocenters. The van der Waals surface area contributed by atoms with Gasteiger partial charge in [0.05, 0.1) is 10.4 Å². The fraction of sp³-hybridized carbons (Fsp3) is 0.130. The molecule has 0 radical (unpaired) electrons. The smallest absolute Gasteiger partial charge is 0.240 e. The van der Waals surface area contributed by atoms with Gasteiger partial charge in [0.1, 0.15) is 5.82 Å². The first kappa shape index (κ1) is 21.2. The molecule has 0 aliphatic rings. The van der Waals surface area contributed by atoms with Crippen LogP contribution >= 0.6 is 11.6 Å². The second-order valence-corrected chi connectivity index (χ2v) is 9.26. The number of hydrogen-bond acceptors (Lipinski definition) is 5. The molecule has 0 spiro atoms. The molecule has 1 aromatic heterocycles. The number of hydrogen-bond donors (Lipinski definition) is 2. The highest BCUT2D eigenvalue weighted by molar-refractivity contribution is 7.89. The molecule has 4 aromatic rings. The maximum absolute atomic E-state index is 12.5. The Bertz CT molecular complexity index is 1310. The van der Waals surface area contributed by atoms with Gasteiger partial charge < -0.3 is 5.32 Å². The van der Waals surface area contributed by atoms with Crippen LogP contribution in [0.5, 0.6) is 0 Å². The lowest BCUT2D eigenvalue weighted by molar-refractivity contribution is 0.583. The van der Waals surface area contributed by atoms with E-state index in [2.05, 4.69) is 20.0 Å². The number of sulfonamides is 1. The van der Waals surface area contributed by atoms with Crippen molar-refractivity contribution in [3.8, 4) is 11.4 Å². The number of nitrogens with one attached hydrogen (secondary N) is 2. The van der Waals surface area contributed by atoms with Gasteiger partial charge in [-0.15, -0.1) is 0 Å². The summed E-state index contributed by atoms with van der Waals surface area (Å²) >= 11 is 6.16. The number of fused-ring (bicyclic) bond motifs is 1. The minimum Gasteiger partial charge on any atom is -0.368 e. The molecule has 158 valence electrons. The molecule has 1 heterocycles. The van der Waals surface area contributed by atoms with Gasteiger partial charge in [-0.25, -0.2) is 23.1 Å². The van der Waals surface area contributed by atoms with Crippen LogP contribution < -0.4 is 10.0 Å². The molecular weight excluding hydrogens is 432 g/mol. The maximum Gasteiger partial charge on any atom is 0.240 e. The second kappa shape index (κ2) is 9.01. The molecule has 0 saturated heterocycles. The van der Waals surface area contributed by atoms with Gasteiger partial charge >= 0.3 is 0 Å². The van der Waals surface area contributed by atoms with Gasteiger partial charge in [0, 0.05) is 29.1 Å². The Morgan fingerprint density at radius 2 is 1.65 bits per heavy atom. The number of anilines is 1. The van der Waals surface area contributed by atoms with Crippen molar-refractivity contribution in [1.29, 1.82) is 0 Å². The molecule has 0 aliphatic carbocycles. The Morgan fingerprint density at radius 1 is 0.903 bits per heavy atom. The molecule has 2 N–H and O–H groups in total. The molecule has 8 heteroatoms. The summed E-state index contributed by atoms with van der Waals surface area (Å²) in [6.07, 6.45) is 0. The van der Waals surface area contributed by atoms with Gasteiger partial charge in [-0.1, -0.05) is 59.6 Å². The Morgan fingerprint density at radius 3 is 2.39 bits per heavy atom. The number of aryl methyl sites for hydroxylation is 1.